The molecule has 226 valence electrons. The van der Waals surface area contributed by atoms with E-state index in [4.69, 9.17) is 14.4 Å². The average molecular weight is 619 g/mol. The number of benzene rings is 2. The molecule has 12 nitrogen and oxygen atoms in total. The van der Waals surface area contributed by atoms with E-state index in [0.717, 1.165) is 4.90 Å². The minimum atomic E-state index is -4.83. The lowest BCUT2D eigenvalue weighted by Crippen LogP contribution is -2.48. The predicted molar refractivity (Wildman–Crippen MR) is 147 cm³/mol. The summed E-state index contributed by atoms with van der Waals surface area (Å²) >= 11 is 0. The van der Waals surface area contributed by atoms with Crippen LogP contribution in [-0.4, -0.2) is 92.5 Å². The number of fused-ring (bicyclic) bond motifs is 2. The van der Waals surface area contributed by atoms with Crippen molar-refractivity contribution in [2.45, 2.75) is 49.9 Å². The highest BCUT2D eigenvalue weighted by atomic mass is 28.2. The van der Waals surface area contributed by atoms with Gasteiger partial charge in [-0.05, 0) is 52.7 Å². The number of aliphatic carboxylic acids is 1. The SMILES string of the molecule is O=C(O)C[C@H]([SiH2]NC(=O)[C@@H]1CC(NC(=O)c2ccc3c(c2)B(O)OC3)CN1C(=O)c1ccc2c(c1)B(O)OC2)C(F)(F)F. The third-order valence-electron chi connectivity index (χ3n) is 7.73. The normalized spacial score (nSPS) is 20.3. The number of alkyl halides is 3. The standard InChI is InChI=1S/C25H26B2F3N3O9Si/c28-25(29,30)20(8-21(34)35)43-32-23(37)19-7-16(31-22(36)12-1-3-14-10-41-26(39)17(14)5-12)9-33(19)24(38)13-2-4-15-11-42-27(40)18(15)6-13/h1-6,16,19-20,39-40H,7-11,43H2,(H,31,36)(H,32,37)(H,34,35)/t16?,19-,20-/m0/s1. The summed E-state index contributed by atoms with van der Waals surface area (Å²) in [7, 11) is -4.96. The number of carbonyl (C=O) groups excluding carboxylic acids is 3. The molecule has 0 aromatic heterocycles. The molecule has 43 heavy (non-hydrogen) atoms. The number of carboxylic acids is 1. The second kappa shape index (κ2) is 12.1. The van der Waals surface area contributed by atoms with Gasteiger partial charge in [0.15, 0.2) is 0 Å². The van der Waals surface area contributed by atoms with Gasteiger partial charge >= 0.3 is 26.4 Å². The molecule has 3 heterocycles. The Bertz CT molecular complexity index is 1470. The number of hydrogen-bond donors (Lipinski definition) is 5. The van der Waals surface area contributed by atoms with Crippen molar-refractivity contribution >= 4 is 58.5 Å². The van der Waals surface area contributed by atoms with E-state index in [1.54, 1.807) is 12.1 Å². The minimum Gasteiger partial charge on any atom is -0.481 e. The first-order valence-electron chi connectivity index (χ1n) is 13.3. The maximum atomic E-state index is 13.6. The molecular weight excluding hydrogens is 593 g/mol. The summed E-state index contributed by atoms with van der Waals surface area (Å²) in [5, 5.41) is 31.7. The lowest BCUT2D eigenvalue weighted by atomic mass is 9.78. The third kappa shape index (κ3) is 6.62. The molecule has 0 spiro atoms. The molecule has 0 aliphatic carbocycles. The third-order valence-corrected chi connectivity index (χ3v) is 9.53. The minimum absolute atomic E-state index is 0.0944. The van der Waals surface area contributed by atoms with Crippen molar-refractivity contribution < 1.29 is 56.8 Å². The van der Waals surface area contributed by atoms with E-state index in [9.17, 15) is 42.4 Å². The molecule has 0 bridgehead atoms. The monoisotopic (exact) mass is 619 g/mol. The first-order valence-corrected chi connectivity index (χ1v) is 14.9. The lowest BCUT2D eigenvalue weighted by molar-refractivity contribution is -0.152. The quantitative estimate of drug-likeness (QED) is 0.213. The van der Waals surface area contributed by atoms with Crippen molar-refractivity contribution in [3.05, 3.63) is 58.7 Å². The molecule has 0 radical (unpaired) electrons. The Balaban J connectivity index is 1.35. The van der Waals surface area contributed by atoms with Crippen LogP contribution in [0.15, 0.2) is 36.4 Å². The summed E-state index contributed by atoms with van der Waals surface area (Å²) in [6, 6.07) is 7.05. The van der Waals surface area contributed by atoms with E-state index < -0.39 is 77.8 Å². The van der Waals surface area contributed by atoms with E-state index in [-0.39, 0.29) is 37.3 Å². The van der Waals surface area contributed by atoms with Crippen LogP contribution in [0.25, 0.3) is 0 Å². The zero-order chi connectivity index (χ0) is 31.1. The molecule has 5 rings (SSSR count). The fourth-order valence-electron chi connectivity index (χ4n) is 5.41. The Labute approximate surface area is 245 Å². The molecule has 1 unspecified atom stereocenters. The molecule has 5 N–H and O–H groups in total. The molecule has 3 aliphatic rings. The number of carboxylic acid groups (broad SMARTS) is 1. The fraction of sp³-hybridized carbons (Fsp3) is 0.360. The van der Waals surface area contributed by atoms with Crippen LogP contribution in [0.5, 0.6) is 0 Å². The maximum Gasteiger partial charge on any atom is 0.491 e. The molecule has 1 fully saturated rings. The van der Waals surface area contributed by atoms with Crippen molar-refractivity contribution in [3.8, 4) is 0 Å². The highest BCUT2D eigenvalue weighted by Crippen LogP contribution is 2.33. The van der Waals surface area contributed by atoms with Crippen LogP contribution in [0, 0.1) is 0 Å². The lowest BCUT2D eigenvalue weighted by Gasteiger charge is -2.25. The predicted octanol–water partition coefficient (Wildman–Crippen LogP) is -1.84. The summed E-state index contributed by atoms with van der Waals surface area (Å²) in [6.07, 6.45) is -6.15. The van der Waals surface area contributed by atoms with Crippen LogP contribution in [-0.2, 0) is 32.1 Å². The van der Waals surface area contributed by atoms with E-state index >= 15 is 0 Å². The highest BCUT2D eigenvalue weighted by Gasteiger charge is 2.44. The summed E-state index contributed by atoms with van der Waals surface area (Å²) in [6.45, 7) is 0.168. The Kier molecular flexibility index (Phi) is 8.67. The van der Waals surface area contributed by atoms with Crippen molar-refractivity contribution in [2.75, 3.05) is 6.54 Å². The van der Waals surface area contributed by atoms with Gasteiger partial charge in [-0.2, -0.15) is 13.2 Å². The van der Waals surface area contributed by atoms with Gasteiger partial charge in [-0.3, -0.25) is 19.2 Å². The zero-order valence-corrected chi connectivity index (χ0v) is 23.9. The van der Waals surface area contributed by atoms with Gasteiger partial charge in [0.25, 0.3) is 11.8 Å². The van der Waals surface area contributed by atoms with Crippen molar-refractivity contribution in [3.63, 3.8) is 0 Å². The van der Waals surface area contributed by atoms with Crippen molar-refractivity contribution in [1.29, 1.82) is 0 Å². The largest absolute Gasteiger partial charge is 0.491 e. The topological polar surface area (TPSA) is 175 Å². The van der Waals surface area contributed by atoms with Crippen molar-refractivity contribution in [1.82, 2.24) is 15.2 Å². The first-order chi connectivity index (χ1) is 20.3. The van der Waals surface area contributed by atoms with E-state index in [0.29, 0.717) is 22.1 Å². The van der Waals surface area contributed by atoms with Crippen LogP contribution < -0.4 is 21.2 Å². The van der Waals surface area contributed by atoms with Crippen LogP contribution >= 0.6 is 0 Å². The van der Waals surface area contributed by atoms with Crippen LogP contribution in [0.2, 0.25) is 5.54 Å². The van der Waals surface area contributed by atoms with E-state index in [2.05, 4.69) is 10.3 Å². The zero-order valence-electron chi connectivity index (χ0n) is 22.5. The average Bonchev–Trinajstić information content (AvgIpc) is 3.66. The van der Waals surface area contributed by atoms with Gasteiger partial charge in [0.1, 0.15) is 15.7 Å². The molecule has 2 aromatic rings. The van der Waals surface area contributed by atoms with Gasteiger partial charge in [-0.25, -0.2) is 0 Å². The number of rotatable bonds is 8. The van der Waals surface area contributed by atoms with Crippen LogP contribution in [0.1, 0.15) is 44.7 Å². The van der Waals surface area contributed by atoms with Crippen LogP contribution in [0.4, 0.5) is 13.2 Å². The molecule has 3 atom stereocenters. The number of nitrogens with zero attached hydrogens (tertiary/aromatic N) is 1. The number of likely N-dealkylation sites (tertiary alicyclic amines) is 1. The molecular formula is C25H26B2F3N3O9Si. The molecule has 0 saturated carbocycles. The van der Waals surface area contributed by atoms with E-state index in [1.165, 1.54) is 24.3 Å². The van der Waals surface area contributed by atoms with Crippen LogP contribution in [0.3, 0.4) is 0 Å². The number of carbonyl (C=O) groups is 4. The Morgan fingerprint density at radius 2 is 1.58 bits per heavy atom. The number of amides is 3. The van der Waals surface area contributed by atoms with Gasteiger partial charge in [0, 0.05) is 23.7 Å². The number of nitrogens with one attached hydrogen (secondary N) is 2. The maximum absolute atomic E-state index is 13.6. The van der Waals surface area contributed by atoms with Crippen molar-refractivity contribution in [2.24, 2.45) is 0 Å². The number of halogens is 3. The Morgan fingerprint density at radius 3 is 2.16 bits per heavy atom. The second-order valence-corrected chi connectivity index (χ2v) is 12.4. The fourth-order valence-corrected chi connectivity index (χ4v) is 6.71. The summed E-state index contributed by atoms with van der Waals surface area (Å²) in [5.41, 5.74) is 0.249. The van der Waals surface area contributed by atoms with Gasteiger partial charge in [0.2, 0.25) is 5.91 Å². The smallest absolute Gasteiger partial charge is 0.481 e. The Hall–Kier alpha value is -3.70. The van der Waals surface area contributed by atoms with Gasteiger partial charge in [-0.15, -0.1) is 0 Å². The van der Waals surface area contributed by atoms with Gasteiger partial charge in [0.05, 0.1) is 25.2 Å². The number of hydrogen-bond acceptors (Lipinski definition) is 8. The summed E-state index contributed by atoms with van der Waals surface area (Å²) in [5.74, 6) is -3.76. The molecule has 1 saturated heterocycles. The first kappa shape index (κ1) is 30.7. The highest BCUT2D eigenvalue weighted by molar-refractivity contribution is 6.62. The van der Waals surface area contributed by atoms with Gasteiger partial charge < -0.3 is 39.7 Å². The second-order valence-electron chi connectivity index (χ2n) is 10.6. The summed E-state index contributed by atoms with van der Waals surface area (Å²) in [4.78, 5) is 54.3. The Morgan fingerprint density at radius 1 is 1.00 bits per heavy atom. The molecule has 3 aliphatic heterocycles. The van der Waals surface area contributed by atoms with E-state index in [1.807, 2.05) is 0 Å². The molecule has 3 amide bonds. The van der Waals surface area contributed by atoms with Gasteiger partial charge in [-0.1, -0.05) is 12.1 Å². The molecule has 2 aromatic carbocycles. The summed E-state index contributed by atoms with van der Waals surface area (Å²) < 4.78 is 50.5. The molecule has 18 heteroatoms.